The summed E-state index contributed by atoms with van der Waals surface area (Å²) >= 11 is 1.56. The van der Waals surface area contributed by atoms with E-state index in [9.17, 15) is 5.26 Å². The minimum atomic E-state index is -0.517. The van der Waals surface area contributed by atoms with E-state index in [1.54, 1.807) is 11.3 Å². The maximum atomic E-state index is 9.18. The average molecular weight is 270 g/mol. The molecule has 0 radical (unpaired) electrons. The number of hydrogen-bond acceptors (Lipinski definition) is 3. The minimum absolute atomic E-state index is 0.517. The molecule has 0 fully saturated rings. The highest BCUT2D eigenvalue weighted by atomic mass is 32.1. The largest absolute Gasteiger partial charge is 0.240 e. The first-order valence-corrected chi connectivity index (χ1v) is 7.18. The number of thiazole rings is 1. The summed E-state index contributed by atoms with van der Waals surface area (Å²) in [5.74, 6) is 0. The lowest BCUT2D eigenvalue weighted by Crippen LogP contribution is -2.13. The maximum absolute atomic E-state index is 9.18. The van der Waals surface area contributed by atoms with Crippen molar-refractivity contribution >= 4 is 11.3 Å². The highest BCUT2D eigenvalue weighted by molar-refractivity contribution is 7.10. The number of nitriles is 1. The maximum Gasteiger partial charge on any atom is 0.113 e. The molecule has 0 saturated heterocycles. The van der Waals surface area contributed by atoms with E-state index in [4.69, 9.17) is 0 Å². The first kappa shape index (κ1) is 13.8. The predicted molar refractivity (Wildman–Crippen MR) is 80.4 cm³/mol. The fraction of sp³-hybridized carbons (Fsp3) is 0.375. The third-order valence-corrected chi connectivity index (χ3v) is 4.60. The molecule has 0 saturated carbocycles. The van der Waals surface area contributed by atoms with Crippen LogP contribution in [0.2, 0.25) is 0 Å². The van der Waals surface area contributed by atoms with Crippen molar-refractivity contribution < 1.29 is 0 Å². The smallest absolute Gasteiger partial charge is 0.113 e. The van der Waals surface area contributed by atoms with Gasteiger partial charge in [-0.2, -0.15) is 5.26 Å². The summed E-state index contributed by atoms with van der Waals surface area (Å²) in [5.41, 5.74) is 5.43. The van der Waals surface area contributed by atoms with E-state index in [0.717, 1.165) is 10.7 Å². The molecule has 0 amide bonds. The highest BCUT2D eigenvalue weighted by Crippen LogP contribution is 2.32. The third kappa shape index (κ3) is 2.54. The molecule has 0 aliphatic carbocycles. The van der Waals surface area contributed by atoms with Crippen molar-refractivity contribution in [1.29, 1.82) is 5.26 Å². The van der Waals surface area contributed by atoms with Crippen LogP contribution in [0.1, 0.15) is 35.5 Å². The Hall–Kier alpha value is -1.66. The second-order valence-electron chi connectivity index (χ2n) is 5.53. The molecule has 0 N–H and O–H groups in total. The SMILES string of the molecule is Cc1cc(C)c(-c2csc(C(C)(C)C#N)n2)cc1C. The van der Waals surface area contributed by atoms with Crippen molar-refractivity contribution in [1.82, 2.24) is 4.98 Å². The number of aryl methyl sites for hydroxylation is 3. The average Bonchev–Trinajstić information content (AvgIpc) is 2.84. The second kappa shape index (κ2) is 4.79. The minimum Gasteiger partial charge on any atom is -0.240 e. The Balaban J connectivity index is 2.50. The van der Waals surface area contributed by atoms with E-state index in [1.807, 2.05) is 19.2 Å². The number of aromatic nitrogens is 1. The van der Waals surface area contributed by atoms with E-state index in [0.29, 0.717) is 0 Å². The Morgan fingerprint density at radius 1 is 1.11 bits per heavy atom. The zero-order valence-corrected chi connectivity index (χ0v) is 12.9. The number of hydrogen-bond donors (Lipinski definition) is 0. The van der Waals surface area contributed by atoms with Gasteiger partial charge < -0.3 is 0 Å². The molecule has 0 bridgehead atoms. The Morgan fingerprint density at radius 2 is 1.74 bits per heavy atom. The van der Waals surface area contributed by atoms with Crippen LogP contribution >= 0.6 is 11.3 Å². The first-order chi connectivity index (χ1) is 8.85. The van der Waals surface area contributed by atoms with Crippen LogP contribution in [0.15, 0.2) is 17.5 Å². The second-order valence-corrected chi connectivity index (χ2v) is 6.38. The fourth-order valence-electron chi connectivity index (χ4n) is 1.97. The standard InChI is InChI=1S/C16H18N2S/c1-10-6-12(3)13(7-11(10)2)14-8-19-15(18-14)16(4,5)9-17/h6-8H,1-5H3. The fourth-order valence-corrected chi connectivity index (χ4v) is 2.86. The molecule has 0 aliphatic rings. The van der Waals surface area contributed by atoms with Crippen LogP contribution in [0.3, 0.4) is 0 Å². The Bertz CT molecular complexity index is 660. The van der Waals surface area contributed by atoms with Gasteiger partial charge in [-0.25, -0.2) is 4.98 Å². The van der Waals surface area contributed by atoms with Gasteiger partial charge in [-0.1, -0.05) is 6.07 Å². The summed E-state index contributed by atoms with van der Waals surface area (Å²) < 4.78 is 0. The van der Waals surface area contributed by atoms with Gasteiger partial charge in [0.25, 0.3) is 0 Å². The van der Waals surface area contributed by atoms with Crippen molar-refractivity contribution in [3.63, 3.8) is 0 Å². The summed E-state index contributed by atoms with van der Waals surface area (Å²) in [6.45, 7) is 10.2. The quantitative estimate of drug-likeness (QED) is 0.803. The van der Waals surface area contributed by atoms with Crippen molar-refractivity contribution in [2.45, 2.75) is 40.0 Å². The van der Waals surface area contributed by atoms with Gasteiger partial charge in [-0.3, -0.25) is 0 Å². The van der Waals surface area contributed by atoms with Gasteiger partial charge in [-0.05, 0) is 57.4 Å². The van der Waals surface area contributed by atoms with Crippen molar-refractivity contribution in [2.75, 3.05) is 0 Å². The zero-order valence-electron chi connectivity index (χ0n) is 12.0. The van der Waals surface area contributed by atoms with Gasteiger partial charge in [0.2, 0.25) is 0 Å². The molecule has 1 aromatic carbocycles. The lowest BCUT2D eigenvalue weighted by Gasteiger charge is -2.11. The molecule has 2 rings (SSSR count). The monoisotopic (exact) mass is 270 g/mol. The van der Waals surface area contributed by atoms with Gasteiger partial charge in [-0.15, -0.1) is 11.3 Å². The van der Waals surface area contributed by atoms with Crippen molar-refractivity contribution in [2.24, 2.45) is 0 Å². The van der Waals surface area contributed by atoms with Crippen molar-refractivity contribution in [3.05, 3.63) is 39.2 Å². The van der Waals surface area contributed by atoms with E-state index >= 15 is 0 Å². The topological polar surface area (TPSA) is 36.7 Å². The summed E-state index contributed by atoms with van der Waals surface area (Å²) in [4.78, 5) is 4.65. The molecule has 0 atom stereocenters. The molecule has 98 valence electrons. The summed E-state index contributed by atoms with van der Waals surface area (Å²) in [6.07, 6.45) is 0. The van der Waals surface area contributed by atoms with Crippen LogP contribution in [-0.2, 0) is 5.41 Å². The lowest BCUT2D eigenvalue weighted by atomic mass is 9.96. The molecular formula is C16H18N2S. The normalized spacial score (nSPS) is 11.4. The van der Waals surface area contributed by atoms with Gasteiger partial charge in [0.15, 0.2) is 0 Å². The van der Waals surface area contributed by atoms with Crippen LogP contribution in [0.4, 0.5) is 0 Å². The number of benzene rings is 1. The van der Waals surface area contributed by atoms with Gasteiger partial charge >= 0.3 is 0 Å². The molecule has 1 aromatic heterocycles. The predicted octanol–water partition coefficient (Wildman–Crippen LogP) is 4.54. The molecule has 0 unspecified atom stereocenters. The Morgan fingerprint density at radius 3 is 2.37 bits per heavy atom. The van der Waals surface area contributed by atoms with E-state index in [2.05, 4.69) is 44.0 Å². The zero-order chi connectivity index (χ0) is 14.2. The van der Waals surface area contributed by atoms with E-state index in [-0.39, 0.29) is 0 Å². The summed E-state index contributed by atoms with van der Waals surface area (Å²) in [7, 11) is 0. The molecule has 1 heterocycles. The van der Waals surface area contributed by atoms with Gasteiger partial charge in [0, 0.05) is 10.9 Å². The molecule has 0 spiro atoms. The molecule has 2 nitrogen and oxygen atoms in total. The number of nitrogens with zero attached hydrogens (tertiary/aromatic N) is 2. The van der Waals surface area contributed by atoms with Crippen LogP contribution < -0.4 is 0 Å². The molecular weight excluding hydrogens is 252 g/mol. The molecule has 19 heavy (non-hydrogen) atoms. The summed E-state index contributed by atoms with van der Waals surface area (Å²) in [6, 6.07) is 6.68. The molecule has 2 aromatic rings. The van der Waals surface area contributed by atoms with Crippen LogP contribution in [0.5, 0.6) is 0 Å². The Kier molecular flexibility index (Phi) is 3.47. The van der Waals surface area contributed by atoms with Crippen molar-refractivity contribution in [3.8, 4) is 17.3 Å². The van der Waals surface area contributed by atoms with Crippen LogP contribution in [0.25, 0.3) is 11.3 Å². The van der Waals surface area contributed by atoms with E-state index < -0.39 is 5.41 Å². The van der Waals surface area contributed by atoms with Gasteiger partial charge in [0.1, 0.15) is 10.4 Å². The van der Waals surface area contributed by atoms with E-state index in [1.165, 1.54) is 22.3 Å². The van der Waals surface area contributed by atoms with Crippen LogP contribution in [0, 0.1) is 32.1 Å². The third-order valence-electron chi connectivity index (χ3n) is 3.44. The molecule has 3 heteroatoms. The summed E-state index contributed by atoms with van der Waals surface area (Å²) in [5, 5.41) is 12.1. The highest BCUT2D eigenvalue weighted by Gasteiger charge is 2.24. The van der Waals surface area contributed by atoms with Gasteiger partial charge in [0.05, 0.1) is 11.8 Å². The van der Waals surface area contributed by atoms with Crippen LogP contribution in [-0.4, -0.2) is 4.98 Å². The molecule has 0 aliphatic heterocycles. The Labute approximate surface area is 118 Å². The number of rotatable bonds is 2. The lowest BCUT2D eigenvalue weighted by molar-refractivity contribution is 0.680. The first-order valence-electron chi connectivity index (χ1n) is 6.30.